The average molecular weight is 283 g/mol. The lowest BCUT2D eigenvalue weighted by Gasteiger charge is -2.06. The largest absolute Gasteiger partial charge is 0.384 e. The van der Waals surface area contributed by atoms with Crippen LogP contribution in [-0.2, 0) is 0 Å². The van der Waals surface area contributed by atoms with Gasteiger partial charge in [-0.2, -0.15) is 0 Å². The van der Waals surface area contributed by atoms with Crippen molar-refractivity contribution in [3.05, 3.63) is 65.0 Å². The van der Waals surface area contributed by atoms with Crippen molar-refractivity contribution >= 4 is 11.6 Å². The van der Waals surface area contributed by atoms with Crippen LogP contribution >= 0.6 is 0 Å². The molecule has 2 rings (SSSR count). The van der Waals surface area contributed by atoms with Gasteiger partial charge < -0.3 is 10.4 Å². The molecule has 2 aromatic carbocycles. The molecule has 106 valence electrons. The third-order valence-corrected chi connectivity index (χ3v) is 2.84. The van der Waals surface area contributed by atoms with Gasteiger partial charge in [-0.3, -0.25) is 4.79 Å². The van der Waals surface area contributed by atoms with Gasteiger partial charge in [-0.15, -0.1) is 0 Å². The Morgan fingerprint density at radius 3 is 2.57 bits per heavy atom. The number of amides is 1. The molecule has 0 aliphatic rings. The smallest absolute Gasteiger partial charge is 0.255 e. The molecule has 0 aliphatic carbocycles. The highest BCUT2D eigenvalue weighted by atomic mass is 19.1. The highest BCUT2D eigenvalue weighted by Gasteiger charge is 2.09. The molecule has 2 aromatic rings. The van der Waals surface area contributed by atoms with Crippen molar-refractivity contribution in [3.8, 4) is 11.8 Å². The summed E-state index contributed by atoms with van der Waals surface area (Å²) < 4.78 is 13.8. The van der Waals surface area contributed by atoms with Gasteiger partial charge >= 0.3 is 0 Å². The van der Waals surface area contributed by atoms with E-state index in [2.05, 4.69) is 17.2 Å². The molecule has 0 aromatic heterocycles. The molecule has 0 saturated heterocycles. The summed E-state index contributed by atoms with van der Waals surface area (Å²) in [4.78, 5) is 12.0. The second-order valence-electron chi connectivity index (χ2n) is 4.47. The zero-order chi connectivity index (χ0) is 15.2. The summed E-state index contributed by atoms with van der Waals surface area (Å²) in [7, 11) is 0. The Labute approximate surface area is 122 Å². The fourth-order valence-electron chi connectivity index (χ4n) is 1.73. The minimum Gasteiger partial charge on any atom is -0.384 e. The Hall–Kier alpha value is -2.64. The van der Waals surface area contributed by atoms with Gasteiger partial charge in [0.1, 0.15) is 12.4 Å². The van der Waals surface area contributed by atoms with Crippen molar-refractivity contribution < 1.29 is 14.3 Å². The Kier molecular flexibility index (Phi) is 4.70. The standard InChI is InChI=1S/C17H14FNO2/c1-12-4-8-15(9-5-12)19-17(21)14-7-6-13(3-2-10-20)16(18)11-14/h4-9,11,20H,10H2,1H3,(H,19,21). The van der Waals surface area contributed by atoms with E-state index in [9.17, 15) is 9.18 Å². The number of aryl methyl sites for hydroxylation is 1. The molecule has 0 unspecified atom stereocenters. The normalized spacial score (nSPS) is 9.67. The van der Waals surface area contributed by atoms with E-state index in [1.807, 2.05) is 19.1 Å². The van der Waals surface area contributed by atoms with Gasteiger partial charge in [-0.05, 0) is 37.3 Å². The number of aliphatic hydroxyl groups is 1. The van der Waals surface area contributed by atoms with Crippen LogP contribution in [0, 0.1) is 24.6 Å². The second kappa shape index (κ2) is 6.69. The quantitative estimate of drug-likeness (QED) is 0.833. The molecule has 0 atom stereocenters. The fraction of sp³-hybridized carbons (Fsp3) is 0.118. The van der Waals surface area contributed by atoms with Gasteiger partial charge in [0.25, 0.3) is 5.91 Å². The third kappa shape index (κ3) is 3.91. The van der Waals surface area contributed by atoms with Gasteiger partial charge in [-0.25, -0.2) is 4.39 Å². The van der Waals surface area contributed by atoms with Crippen LogP contribution in [0.2, 0.25) is 0 Å². The SMILES string of the molecule is Cc1ccc(NC(=O)c2ccc(C#CCO)c(F)c2)cc1. The number of rotatable bonds is 2. The molecular weight excluding hydrogens is 269 g/mol. The molecule has 0 bridgehead atoms. The highest BCUT2D eigenvalue weighted by Crippen LogP contribution is 2.13. The molecule has 0 radical (unpaired) electrons. The first-order chi connectivity index (χ1) is 10.1. The van der Waals surface area contributed by atoms with Gasteiger partial charge in [0.05, 0.1) is 5.56 Å². The molecule has 0 aliphatic heterocycles. The van der Waals surface area contributed by atoms with Crippen LogP contribution in [0.1, 0.15) is 21.5 Å². The summed E-state index contributed by atoms with van der Waals surface area (Å²) in [5, 5.41) is 11.3. The molecule has 2 N–H and O–H groups in total. The molecule has 0 spiro atoms. The van der Waals surface area contributed by atoms with Crippen LogP contribution in [0.15, 0.2) is 42.5 Å². The summed E-state index contributed by atoms with van der Waals surface area (Å²) in [5.41, 5.74) is 2.10. The topological polar surface area (TPSA) is 49.3 Å². The zero-order valence-electron chi connectivity index (χ0n) is 11.5. The Morgan fingerprint density at radius 2 is 1.95 bits per heavy atom. The van der Waals surface area contributed by atoms with Gasteiger partial charge in [0.15, 0.2) is 0 Å². The maximum Gasteiger partial charge on any atom is 0.255 e. The van der Waals surface area contributed by atoms with Crippen molar-refractivity contribution in [2.45, 2.75) is 6.92 Å². The van der Waals surface area contributed by atoms with E-state index in [4.69, 9.17) is 5.11 Å². The van der Waals surface area contributed by atoms with Crippen LogP contribution < -0.4 is 5.32 Å². The van der Waals surface area contributed by atoms with E-state index in [0.717, 1.165) is 11.6 Å². The first-order valence-electron chi connectivity index (χ1n) is 6.37. The second-order valence-corrected chi connectivity index (χ2v) is 4.47. The van der Waals surface area contributed by atoms with E-state index < -0.39 is 5.82 Å². The summed E-state index contributed by atoms with van der Waals surface area (Å²) in [6.45, 7) is 1.61. The minimum atomic E-state index is -0.590. The molecule has 1 amide bonds. The van der Waals surface area contributed by atoms with Crippen molar-refractivity contribution in [1.29, 1.82) is 0 Å². The van der Waals surface area contributed by atoms with E-state index in [1.165, 1.54) is 12.1 Å². The Balaban J connectivity index is 2.16. The minimum absolute atomic E-state index is 0.149. The lowest BCUT2D eigenvalue weighted by Crippen LogP contribution is -2.12. The summed E-state index contributed by atoms with van der Waals surface area (Å²) in [5.74, 6) is 3.86. The number of aliphatic hydroxyl groups excluding tert-OH is 1. The van der Waals surface area contributed by atoms with Gasteiger partial charge in [0.2, 0.25) is 0 Å². The molecule has 0 heterocycles. The van der Waals surface area contributed by atoms with Crippen LogP contribution in [-0.4, -0.2) is 17.6 Å². The van der Waals surface area contributed by atoms with Crippen molar-refractivity contribution in [2.75, 3.05) is 11.9 Å². The molecule has 0 fully saturated rings. The number of benzene rings is 2. The van der Waals surface area contributed by atoms with Gasteiger partial charge in [-0.1, -0.05) is 29.5 Å². The third-order valence-electron chi connectivity index (χ3n) is 2.84. The van der Waals surface area contributed by atoms with Crippen molar-refractivity contribution in [3.63, 3.8) is 0 Å². The lowest BCUT2D eigenvalue weighted by molar-refractivity contribution is 0.102. The lowest BCUT2D eigenvalue weighted by atomic mass is 10.1. The Morgan fingerprint density at radius 1 is 1.24 bits per heavy atom. The van der Waals surface area contributed by atoms with Gasteiger partial charge in [0, 0.05) is 11.3 Å². The van der Waals surface area contributed by atoms with Crippen molar-refractivity contribution in [2.24, 2.45) is 0 Å². The zero-order valence-corrected chi connectivity index (χ0v) is 11.5. The molecule has 21 heavy (non-hydrogen) atoms. The number of anilines is 1. The predicted octanol–water partition coefficient (Wildman–Crippen LogP) is 2.73. The Bertz CT molecular complexity index is 712. The number of carbonyl (C=O) groups is 1. The van der Waals surface area contributed by atoms with Crippen LogP contribution in [0.4, 0.5) is 10.1 Å². The monoisotopic (exact) mass is 283 g/mol. The number of nitrogens with one attached hydrogen (secondary N) is 1. The van der Waals surface area contributed by atoms with E-state index >= 15 is 0 Å². The van der Waals surface area contributed by atoms with E-state index in [-0.39, 0.29) is 23.6 Å². The summed E-state index contributed by atoms with van der Waals surface area (Å²) in [6, 6.07) is 11.4. The van der Waals surface area contributed by atoms with Crippen LogP contribution in [0.3, 0.4) is 0 Å². The van der Waals surface area contributed by atoms with E-state index in [0.29, 0.717) is 5.69 Å². The van der Waals surface area contributed by atoms with E-state index in [1.54, 1.807) is 12.1 Å². The summed E-state index contributed by atoms with van der Waals surface area (Å²) >= 11 is 0. The molecule has 4 heteroatoms. The first-order valence-corrected chi connectivity index (χ1v) is 6.37. The van der Waals surface area contributed by atoms with Crippen molar-refractivity contribution in [1.82, 2.24) is 0 Å². The fourth-order valence-corrected chi connectivity index (χ4v) is 1.73. The number of halogens is 1. The molecule has 3 nitrogen and oxygen atoms in total. The van der Waals surface area contributed by atoms with Crippen LogP contribution in [0.5, 0.6) is 0 Å². The first kappa shape index (κ1) is 14.8. The molecular formula is C17H14FNO2. The number of hydrogen-bond acceptors (Lipinski definition) is 2. The summed E-state index contributed by atoms with van der Waals surface area (Å²) in [6.07, 6.45) is 0. The number of hydrogen-bond donors (Lipinski definition) is 2. The molecule has 0 saturated carbocycles. The van der Waals surface area contributed by atoms with Crippen LogP contribution in [0.25, 0.3) is 0 Å². The average Bonchev–Trinajstić information content (AvgIpc) is 2.48. The maximum absolute atomic E-state index is 13.8. The maximum atomic E-state index is 13.8. The highest BCUT2D eigenvalue weighted by molar-refractivity contribution is 6.04. The number of carbonyl (C=O) groups excluding carboxylic acids is 1. The predicted molar refractivity (Wildman–Crippen MR) is 79.5 cm³/mol.